The molecule has 1 aromatic carbocycles. The molecular weight excluding hydrogens is 370 g/mol. The van der Waals surface area contributed by atoms with Gasteiger partial charge < -0.3 is 10.3 Å². The summed E-state index contributed by atoms with van der Waals surface area (Å²) in [4.78, 5) is 0.258. The molecule has 1 aliphatic heterocycles. The molecule has 0 fully saturated rings. The molecule has 0 unspecified atom stereocenters. The third kappa shape index (κ3) is 3.38. The minimum Gasteiger partial charge on any atom is -0.324 e. The number of aryl methyl sites for hydroxylation is 1. The van der Waals surface area contributed by atoms with Gasteiger partial charge in [0.1, 0.15) is 0 Å². The maximum absolute atomic E-state index is 13.0. The van der Waals surface area contributed by atoms with Gasteiger partial charge in [-0.05, 0) is 44.4 Å². The molecule has 0 bridgehead atoms. The number of rotatable bonds is 1. The largest absolute Gasteiger partial charge is 0.416 e. The van der Waals surface area contributed by atoms with Gasteiger partial charge in [0, 0.05) is 5.54 Å². The first-order chi connectivity index (χ1) is 9.59. The number of hydrogen-bond acceptors (Lipinski definition) is 3. The van der Waals surface area contributed by atoms with E-state index in [2.05, 4.69) is 0 Å². The van der Waals surface area contributed by atoms with E-state index in [4.69, 9.17) is 11.1 Å². The van der Waals surface area contributed by atoms with Crippen molar-refractivity contribution in [1.82, 2.24) is 4.57 Å². The lowest BCUT2D eigenvalue weighted by molar-refractivity contribution is -0.137. The van der Waals surface area contributed by atoms with Gasteiger partial charge in [0.25, 0.3) is 0 Å². The molecule has 23 heavy (non-hydrogen) atoms. The predicted octanol–water partition coefficient (Wildman–Crippen LogP) is 4.27. The molecule has 0 saturated heterocycles. The van der Waals surface area contributed by atoms with Crippen molar-refractivity contribution in [3.63, 3.8) is 0 Å². The number of alkyl halides is 3. The molecule has 0 aliphatic carbocycles. The molecule has 1 atom stereocenters. The van der Waals surface area contributed by atoms with Crippen molar-refractivity contribution in [1.29, 1.82) is 5.41 Å². The molecule has 2 heterocycles. The highest BCUT2D eigenvalue weighted by Crippen LogP contribution is 2.40. The monoisotopic (exact) mass is 387 g/mol. The maximum atomic E-state index is 13.0. The van der Waals surface area contributed by atoms with Crippen molar-refractivity contribution in [3.05, 3.63) is 28.1 Å². The second kappa shape index (κ2) is 6.27. The molecule has 0 amide bonds. The zero-order valence-corrected chi connectivity index (χ0v) is 15.0. The third-order valence-corrected chi connectivity index (χ3v) is 4.93. The van der Waals surface area contributed by atoms with E-state index in [-0.39, 0.29) is 35.7 Å². The molecule has 130 valence electrons. The van der Waals surface area contributed by atoms with Crippen molar-refractivity contribution >= 4 is 46.4 Å². The fourth-order valence-electron chi connectivity index (χ4n) is 3.05. The predicted molar refractivity (Wildman–Crippen MR) is 90.8 cm³/mol. The molecule has 1 aromatic heterocycles. The van der Waals surface area contributed by atoms with Crippen LogP contribution in [0.3, 0.4) is 0 Å². The van der Waals surface area contributed by atoms with Crippen LogP contribution in [0.5, 0.6) is 0 Å². The first-order valence-corrected chi connectivity index (χ1v) is 7.49. The third-order valence-electron chi connectivity index (χ3n) is 4.01. The van der Waals surface area contributed by atoms with Crippen LogP contribution >= 0.6 is 36.2 Å². The van der Waals surface area contributed by atoms with E-state index < -0.39 is 17.3 Å². The van der Waals surface area contributed by atoms with Crippen LogP contribution in [0.25, 0.3) is 10.2 Å². The van der Waals surface area contributed by atoms with E-state index >= 15 is 0 Å². The van der Waals surface area contributed by atoms with Gasteiger partial charge in [-0.1, -0.05) is 11.3 Å². The summed E-state index contributed by atoms with van der Waals surface area (Å²) < 4.78 is 41.2. The summed E-state index contributed by atoms with van der Waals surface area (Å²) in [6.45, 7) is 3.78. The molecule has 1 aliphatic rings. The van der Waals surface area contributed by atoms with Crippen molar-refractivity contribution in [2.24, 2.45) is 5.73 Å². The topological polar surface area (TPSA) is 54.8 Å². The van der Waals surface area contributed by atoms with Crippen LogP contribution in [0.2, 0.25) is 0 Å². The van der Waals surface area contributed by atoms with Crippen LogP contribution in [0.4, 0.5) is 13.2 Å². The fraction of sp³-hybridized carbons (Fsp3) is 0.500. The van der Waals surface area contributed by atoms with Crippen molar-refractivity contribution in [3.8, 4) is 0 Å². The lowest BCUT2D eigenvalue weighted by atomic mass is 9.87. The number of hydrogen-bond donors (Lipinski definition) is 2. The van der Waals surface area contributed by atoms with Crippen LogP contribution in [0.15, 0.2) is 12.1 Å². The number of benzene rings is 1. The van der Waals surface area contributed by atoms with E-state index in [0.29, 0.717) is 23.1 Å². The maximum Gasteiger partial charge on any atom is 0.416 e. The Hall–Kier alpha value is -0.760. The number of thiazole rings is 1. The van der Waals surface area contributed by atoms with Crippen LogP contribution in [-0.2, 0) is 12.6 Å². The Morgan fingerprint density at radius 1 is 1.26 bits per heavy atom. The standard InChI is InChI=1S/C14H16F3N3S.2ClH/c1-13(2,19)10-4-3-7-5-8(14(15,16)17)6-9-11(7)20(10)12(18)21-9;;/h5-6,10,18H,3-4,19H2,1-2H3;2*1H/t10-;;/m1../s1. The summed E-state index contributed by atoms with van der Waals surface area (Å²) in [5.41, 5.74) is 6.44. The molecule has 0 spiro atoms. The number of nitrogens with one attached hydrogen (secondary N) is 1. The van der Waals surface area contributed by atoms with Gasteiger partial charge in [-0.25, -0.2) is 0 Å². The smallest absolute Gasteiger partial charge is 0.324 e. The van der Waals surface area contributed by atoms with Gasteiger partial charge in [-0.3, -0.25) is 5.41 Å². The minimum absolute atomic E-state index is 0. The minimum atomic E-state index is -4.36. The van der Waals surface area contributed by atoms with Gasteiger partial charge in [0.15, 0.2) is 4.80 Å². The van der Waals surface area contributed by atoms with Gasteiger partial charge in [-0.15, -0.1) is 24.8 Å². The zero-order chi connectivity index (χ0) is 15.6. The van der Waals surface area contributed by atoms with Crippen molar-refractivity contribution in [2.75, 3.05) is 0 Å². The second-order valence-corrected chi connectivity index (χ2v) is 7.16. The highest BCUT2D eigenvalue weighted by Gasteiger charge is 2.36. The first kappa shape index (κ1) is 20.3. The molecule has 3 rings (SSSR count). The lowest BCUT2D eigenvalue weighted by Gasteiger charge is -2.35. The van der Waals surface area contributed by atoms with Crippen LogP contribution in [0.1, 0.15) is 37.4 Å². The van der Waals surface area contributed by atoms with E-state index in [1.807, 2.05) is 13.8 Å². The van der Waals surface area contributed by atoms with Gasteiger partial charge in [0.2, 0.25) is 0 Å². The average Bonchev–Trinajstić information content (AvgIpc) is 2.66. The van der Waals surface area contributed by atoms with Crippen molar-refractivity contribution in [2.45, 2.75) is 44.4 Å². The van der Waals surface area contributed by atoms with E-state index in [1.54, 1.807) is 4.57 Å². The summed E-state index contributed by atoms with van der Waals surface area (Å²) in [5, 5.41) is 8.11. The Morgan fingerprint density at radius 2 is 1.87 bits per heavy atom. The SMILES string of the molecule is CC(C)(N)[C@H]1CCc2cc(C(F)(F)F)cc3sc(=N)n1c23.Cl.Cl. The van der Waals surface area contributed by atoms with E-state index in [1.165, 1.54) is 6.07 Å². The Morgan fingerprint density at radius 3 is 2.39 bits per heavy atom. The van der Waals surface area contributed by atoms with Gasteiger partial charge in [-0.2, -0.15) is 13.2 Å². The molecule has 0 saturated carbocycles. The summed E-state index contributed by atoms with van der Waals surface area (Å²) in [6.07, 6.45) is -3.15. The number of aromatic nitrogens is 1. The quantitative estimate of drug-likeness (QED) is 0.753. The summed E-state index contributed by atoms with van der Waals surface area (Å²) in [7, 11) is 0. The average molecular weight is 388 g/mol. The Bertz CT molecular complexity index is 774. The van der Waals surface area contributed by atoms with E-state index in [0.717, 1.165) is 22.9 Å². The Labute approximate surface area is 148 Å². The fourth-order valence-corrected chi connectivity index (χ4v) is 4.09. The number of nitrogens with zero attached hydrogens (tertiary/aromatic N) is 1. The summed E-state index contributed by atoms with van der Waals surface area (Å²) in [5.74, 6) is 0. The number of nitrogens with two attached hydrogens (primary N) is 1. The van der Waals surface area contributed by atoms with Crippen LogP contribution in [0, 0.1) is 5.41 Å². The number of halogens is 5. The van der Waals surface area contributed by atoms with Gasteiger partial charge in [0.05, 0.1) is 21.8 Å². The van der Waals surface area contributed by atoms with Crippen molar-refractivity contribution < 1.29 is 13.2 Å². The molecule has 0 radical (unpaired) electrons. The summed E-state index contributed by atoms with van der Waals surface area (Å²) in [6, 6.07) is 2.29. The second-order valence-electron chi connectivity index (χ2n) is 6.13. The normalized spacial score (nSPS) is 17.6. The molecule has 9 heteroatoms. The molecular formula is C14H18Cl2F3N3S. The molecule has 2 aromatic rings. The highest BCUT2D eigenvalue weighted by atomic mass is 35.5. The lowest BCUT2D eigenvalue weighted by Crippen LogP contribution is -2.45. The van der Waals surface area contributed by atoms with Crippen LogP contribution in [-0.4, -0.2) is 10.1 Å². The highest BCUT2D eigenvalue weighted by molar-refractivity contribution is 7.16. The Kier molecular flexibility index (Phi) is 5.53. The first-order valence-electron chi connectivity index (χ1n) is 6.67. The zero-order valence-electron chi connectivity index (χ0n) is 12.5. The molecule has 3 N–H and O–H groups in total. The summed E-state index contributed by atoms with van der Waals surface area (Å²) >= 11 is 1.08. The Balaban J connectivity index is 0.00000132. The van der Waals surface area contributed by atoms with Crippen LogP contribution < -0.4 is 10.5 Å². The van der Waals surface area contributed by atoms with E-state index in [9.17, 15) is 13.2 Å². The molecule has 3 nitrogen and oxygen atoms in total. The van der Waals surface area contributed by atoms with Gasteiger partial charge >= 0.3 is 6.18 Å².